The van der Waals surface area contributed by atoms with Crippen molar-refractivity contribution >= 4 is 110 Å². The predicted octanol–water partition coefficient (Wildman–Crippen LogP) is 17.0. The monoisotopic (exact) mass is 1370 g/mol. The number of aryl methyl sites for hydroxylation is 9. The number of ether oxygens (including phenoxy) is 1. The number of hydrogen-bond donors (Lipinski definition) is 5. The van der Waals surface area contributed by atoms with Crippen molar-refractivity contribution in [2.75, 3.05) is 80.3 Å². The van der Waals surface area contributed by atoms with E-state index in [0.717, 1.165) is 200 Å². The van der Waals surface area contributed by atoms with Gasteiger partial charge in [0.15, 0.2) is 0 Å². The van der Waals surface area contributed by atoms with Gasteiger partial charge in [0, 0.05) is 110 Å². The smallest absolute Gasteiger partial charge is 0.144 e. The highest BCUT2D eigenvalue weighted by Gasteiger charge is 2.18. The van der Waals surface area contributed by atoms with Crippen molar-refractivity contribution < 1.29 is 25.2 Å². The van der Waals surface area contributed by atoms with Crippen LogP contribution in [0, 0.1) is 62.3 Å². The maximum Gasteiger partial charge on any atom is 0.144 e. The van der Waals surface area contributed by atoms with Crippen molar-refractivity contribution in [1.82, 2.24) is 45.2 Å². The van der Waals surface area contributed by atoms with Crippen molar-refractivity contribution in [2.45, 2.75) is 81.6 Å². The first-order chi connectivity index (χ1) is 49.9. The molecule has 0 saturated carbocycles. The van der Waals surface area contributed by atoms with Gasteiger partial charge in [0.1, 0.15) is 62.5 Å². The number of morpholine rings is 1. The molecule has 3 fully saturated rings. The summed E-state index contributed by atoms with van der Waals surface area (Å²) in [6.45, 7) is 27.1. The molecule has 524 valence electrons. The minimum absolute atomic E-state index is 0.252. The van der Waals surface area contributed by atoms with Crippen LogP contribution in [0.2, 0.25) is 0 Å². The summed E-state index contributed by atoms with van der Waals surface area (Å²) < 4.78 is 5.38. The van der Waals surface area contributed by atoms with E-state index in [1.807, 2.05) is 220 Å². The van der Waals surface area contributed by atoms with Gasteiger partial charge in [0.25, 0.3) is 0 Å². The first kappa shape index (κ1) is 71.4. The van der Waals surface area contributed by atoms with Crippen LogP contribution in [0.4, 0.5) is 17.5 Å². The highest BCUT2D eigenvalue weighted by atomic mass is 16.5. The molecule has 11 heterocycles. The number of nitrogens with one attached hydrogen (secondary N) is 1. The summed E-state index contributed by atoms with van der Waals surface area (Å²) in [5.41, 5.74) is 19.0. The maximum atomic E-state index is 10.4. The summed E-state index contributed by atoms with van der Waals surface area (Å²) in [4.78, 5) is 43.4. The molecule has 8 aromatic heterocycles. The van der Waals surface area contributed by atoms with E-state index in [-0.39, 0.29) is 23.0 Å². The largest absolute Gasteiger partial charge is 0.505 e. The normalized spacial score (nSPS) is 14.2. The molecule has 3 aliphatic rings. The van der Waals surface area contributed by atoms with E-state index in [1.54, 1.807) is 6.20 Å². The Morgan fingerprint density at radius 2 is 0.738 bits per heavy atom. The van der Waals surface area contributed by atoms with Crippen molar-refractivity contribution in [3.63, 3.8) is 0 Å². The number of rotatable bonds is 11. The van der Waals surface area contributed by atoms with Gasteiger partial charge in [0.2, 0.25) is 0 Å². The number of aromatic hydroxyl groups is 4. The fraction of sp³-hybridized carbons (Fsp3) is 0.256. The number of phenolic OH excluding ortho intramolecular Hbond substituents is 4. The molecular formula is C86H90N12O5. The maximum absolute atomic E-state index is 10.4. The van der Waals surface area contributed by atoms with Crippen LogP contribution in [0.15, 0.2) is 146 Å². The quantitative estimate of drug-likeness (QED) is 0.0814. The van der Waals surface area contributed by atoms with E-state index in [0.29, 0.717) is 22.1 Å². The van der Waals surface area contributed by atoms with Gasteiger partial charge in [-0.3, -0.25) is 4.98 Å². The van der Waals surface area contributed by atoms with E-state index in [4.69, 9.17) is 4.74 Å². The lowest BCUT2D eigenvalue weighted by Gasteiger charge is -2.28. The van der Waals surface area contributed by atoms with Crippen LogP contribution in [0.5, 0.6) is 23.0 Å². The Morgan fingerprint density at radius 1 is 0.359 bits per heavy atom. The summed E-state index contributed by atoms with van der Waals surface area (Å²) in [7, 11) is 0. The summed E-state index contributed by atoms with van der Waals surface area (Å²) in [5, 5.41) is 48.6. The number of nitrogens with zero attached hydrogens (tertiary/aromatic N) is 11. The molecule has 17 heteroatoms. The van der Waals surface area contributed by atoms with E-state index in [2.05, 4.69) is 90.2 Å². The van der Waals surface area contributed by atoms with Crippen molar-refractivity contribution in [1.29, 1.82) is 0 Å². The number of piperidine rings is 1. The third kappa shape index (κ3) is 17.3. The van der Waals surface area contributed by atoms with Crippen LogP contribution in [0.3, 0.4) is 0 Å². The zero-order chi connectivity index (χ0) is 72.1. The summed E-state index contributed by atoms with van der Waals surface area (Å²) in [6.07, 6.45) is 27.1. The van der Waals surface area contributed by atoms with Crippen LogP contribution in [0.1, 0.15) is 114 Å². The molecular weight excluding hydrogens is 1280 g/mol. The molecule has 15 rings (SSSR count). The van der Waals surface area contributed by atoms with Gasteiger partial charge in [-0.05, 0) is 240 Å². The van der Waals surface area contributed by atoms with Crippen LogP contribution in [-0.4, -0.2) is 126 Å². The molecule has 3 saturated heterocycles. The molecule has 5 N–H and O–H groups in total. The highest BCUT2D eigenvalue weighted by molar-refractivity contribution is 5.93. The Bertz CT molecular complexity index is 4990. The molecule has 4 aromatic carbocycles. The van der Waals surface area contributed by atoms with Gasteiger partial charge in [-0.1, -0.05) is 72.8 Å². The lowest BCUT2D eigenvalue weighted by Crippen LogP contribution is -2.43. The molecule has 0 amide bonds. The van der Waals surface area contributed by atoms with Crippen LogP contribution >= 0.6 is 0 Å². The van der Waals surface area contributed by atoms with Gasteiger partial charge >= 0.3 is 0 Å². The van der Waals surface area contributed by atoms with Crippen LogP contribution in [0.25, 0.3) is 92.2 Å². The summed E-state index contributed by atoms with van der Waals surface area (Å²) >= 11 is 0. The number of piperazine rings is 1. The minimum atomic E-state index is 0.252. The minimum Gasteiger partial charge on any atom is -0.505 e. The molecule has 3 aliphatic heterocycles. The molecule has 0 atom stereocenters. The van der Waals surface area contributed by atoms with Crippen LogP contribution in [-0.2, 0) is 4.74 Å². The fourth-order valence-corrected chi connectivity index (χ4v) is 13.2. The SMILES string of the molecule is Cc1cc(C)c2ccc(/C=C/c3ccc(N4CCNCC4)nc3)nc2c1O.Cc1cc(C)c2ccc(/C=C/c3ccc(N4CCOCC4)nc3)nc2c1O.Cc1cc(C)c2ccc(/C=C/c3cccnc3C)nc2c1O.Cc1cc(C)c2ccc(/C=C/c3cccnc3N3CCCCC3)nc2c1O. The summed E-state index contributed by atoms with van der Waals surface area (Å²) in [6, 6.07) is 40.2. The number of aromatic nitrogens is 8. The molecule has 0 radical (unpaired) electrons. The van der Waals surface area contributed by atoms with Gasteiger partial charge in [-0.25, -0.2) is 34.9 Å². The molecule has 12 aromatic rings. The Hall–Kier alpha value is -11.4. The first-order valence-electron chi connectivity index (χ1n) is 35.4. The number of phenols is 4. The molecule has 17 nitrogen and oxygen atoms in total. The highest BCUT2D eigenvalue weighted by Crippen LogP contribution is 2.35. The average molecular weight is 1370 g/mol. The van der Waals surface area contributed by atoms with E-state index in [9.17, 15) is 20.4 Å². The van der Waals surface area contributed by atoms with E-state index >= 15 is 0 Å². The van der Waals surface area contributed by atoms with Gasteiger partial charge in [-0.2, -0.15) is 0 Å². The van der Waals surface area contributed by atoms with Gasteiger partial charge < -0.3 is 45.2 Å². The van der Waals surface area contributed by atoms with Crippen LogP contribution < -0.4 is 20.0 Å². The number of hydrogen-bond acceptors (Lipinski definition) is 17. The number of pyridine rings is 8. The third-order valence-electron chi connectivity index (χ3n) is 19.1. The Kier molecular flexibility index (Phi) is 22.8. The topological polar surface area (TPSA) is 215 Å². The molecule has 0 unspecified atom stereocenters. The standard InChI is InChI=1S/C23H25N3O.C22H24N4O.C22H23N3O2.C19H18N2O/c1-16-15-17(2)22(27)21-20(16)11-10-19(25-21)9-8-18-7-6-12-24-23(18)26-13-4-3-5-14-26;1-15-13-16(2)22(27)21-19(15)7-6-18(25-21)5-3-17-4-8-20(24-14-17)26-11-9-23-10-12-26;1-15-13-16(2)22(26)21-19(15)7-6-18(24-21)5-3-17-4-8-20(23-14-17)25-9-11-27-12-10-25;1-12-11-13(2)19(22)18-17(12)9-8-16(21-18)7-6-15-5-4-10-20-14(15)3/h6-12,15,27H,3-5,13-14H2,1-2H3;3-8,13-14,23,27H,9-12H2,1-2H3;3-8,13-14,26H,9-12H2,1-2H3;4-11,22H,1-3H3/b9-8+;2*5-3+;7-6+. The second kappa shape index (κ2) is 32.9. The van der Waals surface area contributed by atoms with Gasteiger partial charge in [0.05, 0.1) is 36.0 Å². The molecule has 0 aliphatic carbocycles. The second-order valence-corrected chi connectivity index (χ2v) is 26.7. The first-order valence-corrected chi connectivity index (χ1v) is 35.4. The van der Waals surface area contributed by atoms with Crippen molar-refractivity contribution in [3.05, 3.63) is 241 Å². The number of fused-ring (bicyclic) bond motifs is 4. The lowest BCUT2D eigenvalue weighted by molar-refractivity contribution is 0.122. The second-order valence-electron chi connectivity index (χ2n) is 26.7. The summed E-state index contributed by atoms with van der Waals surface area (Å²) in [5.74, 6) is 4.08. The van der Waals surface area contributed by atoms with Crippen molar-refractivity contribution in [3.8, 4) is 23.0 Å². The molecule has 0 bridgehead atoms. The predicted molar refractivity (Wildman–Crippen MR) is 423 cm³/mol. The zero-order valence-electron chi connectivity index (χ0n) is 60.3. The van der Waals surface area contributed by atoms with E-state index < -0.39 is 0 Å². The Morgan fingerprint density at radius 3 is 1.14 bits per heavy atom. The molecule has 103 heavy (non-hydrogen) atoms. The van der Waals surface area contributed by atoms with Crippen molar-refractivity contribution in [2.24, 2.45) is 0 Å². The van der Waals surface area contributed by atoms with Gasteiger partial charge in [-0.15, -0.1) is 0 Å². The third-order valence-corrected chi connectivity index (χ3v) is 19.1. The zero-order valence-corrected chi connectivity index (χ0v) is 60.3. The molecule has 0 spiro atoms. The Balaban J connectivity index is 0.000000130. The number of anilines is 3. The average Bonchev–Trinajstić information content (AvgIpc) is 0.808. The lowest BCUT2D eigenvalue weighted by atomic mass is 10.0. The number of benzene rings is 4. The van der Waals surface area contributed by atoms with E-state index in [1.165, 1.54) is 19.3 Å². The Labute approximate surface area is 603 Å². The fourth-order valence-electron chi connectivity index (χ4n) is 13.2.